The van der Waals surface area contributed by atoms with Crippen LogP contribution in [0.3, 0.4) is 0 Å². The van der Waals surface area contributed by atoms with Gasteiger partial charge in [-0.25, -0.2) is 4.68 Å². The first kappa shape index (κ1) is 15.8. The number of amides is 1. The molecular formula is C17H12F3N3O. The number of hydrogen-bond donors (Lipinski definition) is 1. The van der Waals surface area contributed by atoms with Crippen LogP contribution in [0.4, 0.5) is 18.9 Å². The van der Waals surface area contributed by atoms with Gasteiger partial charge in [0.2, 0.25) is 0 Å². The number of nitrogens with zero attached hydrogens (tertiary/aromatic N) is 2. The summed E-state index contributed by atoms with van der Waals surface area (Å²) < 4.78 is 39.7. The Morgan fingerprint density at radius 3 is 2.42 bits per heavy atom. The molecule has 0 saturated carbocycles. The Kier molecular flexibility index (Phi) is 4.07. The zero-order valence-corrected chi connectivity index (χ0v) is 12.3. The zero-order chi connectivity index (χ0) is 17.2. The average molecular weight is 331 g/mol. The van der Waals surface area contributed by atoms with Gasteiger partial charge < -0.3 is 5.32 Å². The zero-order valence-electron chi connectivity index (χ0n) is 12.3. The van der Waals surface area contributed by atoms with Crippen molar-refractivity contribution in [1.82, 2.24) is 9.78 Å². The van der Waals surface area contributed by atoms with E-state index >= 15 is 0 Å². The van der Waals surface area contributed by atoms with Crippen LogP contribution in [0.1, 0.15) is 15.9 Å². The highest BCUT2D eigenvalue weighted by Gasteiger charge is 2.30. The molecule has 0 atom stereocenters. The number of halogens is 3. The molecule has 3 aromatic rings. The van der Waals surface area contributed by atoms with E-state index in [-0.39, 0.29) is 5.69 Å². The number of alkyl halides is 3. The lowest BCUT2D eigenvalue weighted by Crippen LogP contribution is -2.13. The third kappa shape index (κ3) is 3.45. The molecule has 0 aliphatic carbocycles. The second kappa shape index (κ2) is 6.19. The van der Waals surface area contributed by atoms with E-state index < -0.39 is 17.6 Å². The van der Waals surface area contributed by atoms with Crippen LogP contribution < -0.4 is 5.32 Å². The number of carbonyl (C=O) groups is 1. The van der Waals surface area contributed by atoms with Gasteiger partial charge in [0.25, 0.3) is 5.91 Å². The minimum Gasteiger partial charge on any atom is -0.322 e. The van der Waals surface area contributed by atoms with Crippen LogP contribution in [-0.2, 0) is 6.18 Å². The molecule has 24 heavy (non-hydrogen) atoms. The van der Waals surface area contributed by atoms with Crippen molar-refractivity contribution >= 4 is 11.6 Å². The topological polar surface area (TPSA) is 46.9 Å². The number of rotatable bonds is 3. The van der Waals surface area contributed by atoms with E-state index in [1.165, 1.54) is 12.1 Å². The molecule has 7 heteroatoms. The van der Waals surface area contributed by atoms with E-state index in [0.717, 1.165) is 17.8 Å². The lowest BCUT2D eigenvalue weighted by molar-refractivity contribution is -0.137. The van der Waals surface area contributed by atoms with Gasteiger partial charge in [0.15, 0.2) is 0 Å². The summed E-state index contributed by atoms with van der Waals surface area (Å²) in [5.41, 5.74) is 0.388. The normalized spacial score (nSPS) is 11.3. The van der Waals surface area contributed by atoms with Crippen molar-refractivity contribution in [3.05, 3.63) is 78.1 Å². The van der Waals surface area contributed by atoms with Gasteiger partial charge in [0.05, 0.1) is 11.3 Å². The number of aromatic nitrogens is 2. The van der Waals surface area contributed by atoms with Crippen LogP contribution in [0.2, 0.25) is 0 Å². The molecule has 3 rings (SSSR count). The van der Waals surface area contributed by atoms with Crippen molar-refractivity contribution in [3.8, 4) is 5.69 Å². The highest BCUT2D eigenvalue weighted by Crippen LogP contribution is 2.30. The third-order valence-corrected chi connectivity index (χ3v) is 3.35. The maximum absolute atomic E-state index is 12.7. The number of anilines is 1. The summed E-state index contributed by atoms with van der Waals surface area (Å²) in [7, 11) is 0. The van der Waals surface area contributed by atoms with E-state index in [1.54, 1.807) is 47.4 Å². The van der Waals surface area contributed by atoms with E-state index in [4.69, 9.17) is 0 Å². The van der Waals surface area contributed by atoms with Crippen molar-refractivity contribution < 1.29 is 18.0 Å². The third-order valence-electron chi connectivity index (χ3n) is 3.35. The minimum atomic E-state index is -4.45. The Hall–Kier alpha value is -3.09. The van der Waals surface area contributed by atoms with Crippen LogP contribution in [0.5, 0.6) is 0 Å². The highest BCUT2D eigenvalue weighted by molar-refractivity contribution is 6.04. The predicted molar refractivity (Wildman–Crippen MR) is 83.0 cm³/mol. The summed E-state index contributed by atoms with van der Waals surface area (Å²) in [5.74, 6) is -0.485. The van der Waals surface area contributed by atoms with Crippen molar-refractivity contribution in [3.63, 3.8) is 0 Å². The van der Waals surface area contributed by atoms with Crippen LogP contribution in [0.15, 0.2) is 67.0 Å². The summed E-state index contributed by atoms with van der Waals surface area (Å²) in [4.78, 5) is 12.2. The van der Waals surface area contributed by atoms with E-state index in [9.17, 15) is 18.0 Å². The second-order valence-corrected chi connectivity index (χ2v) is 5.03. The average Bonchev–Trinajstić information content (AvgIpc) is 3.09. The van der Waals surface area contributed by atoms with Crippen molar-refractivity contribution in [2.45, 2.75) is 6.18 Å². The van der Waals surface area contributed by atoms with Crippen LogP contribution >= 0.6 is 0 Å². The lowest BCUT2D eigenvalue weighted by Gasteiger charge is -2.10. The summed E-state index contributed by atoms with van der Waals surface area (Å²) >= 11 is 0. The Morgan fingerprint density at radius 2 is 1.79 bits per heavy atom. The molecule has 2 aromatic carbocycles. The van der Waals surface area contributed by atoms with Crippen molar-refractivity contribution in [2.75, 3.05) is 5.32 Å². The summed E-state index contributed by atoms with van der Waals surface area (Å²) in [5, 5.41) is 6.53. The van der Waals surface area contributed by atoms with Crippen LogP contribution in [-0.4, -0.2) is 15.7 Å². The molecule has 4 nitrogen and oxygen atoms in total. The van der Waals surface area contributed by atoms with Gasteiger partial charge in [-0.05, 0) is 48.5 Å². The smallest absolute Gasteiger partial charge is 0.322 e. The SMILES string of the molecule is O=C(Nc1cccc(C(F)(F)F)c1)c1ccc(-n2cccn2)cc1. The molecule has 0 saturated heterocycles. The van der Waals surface area contributed by atoms with Gasteiger partial charge in [0.1, 0.15) is 0 Å². The first-order chi connectivity index (χ1) is 11.4. The molecule has 0 spiro atoms. The first-order valence-corrected chi connectivity index (χ1v) is 7.02. The molecule has 0 aliphatic rings. The summed E-state index contributed by atoms with van der Waals surface area (Å²) in [6.07, 6.45) is -1.06. The van der Waals surface area contributed by atoms with Crippen molar-refractivity contribution in [2.24, 2.45) is 0 Å². The fraction of sp³-hybridized carbons (Fsp3) is 0.0588. The van der Waals surface area contributed by atoms with E-state index in [0.29, 0.717) is 5.56 Å². The molecule has 0 bridgehead atoms. The van der Waals surface area contributed by atoms with Gasteiger partial charge in [-0.3, -0.25) is 4.79 Å². The van der Waals surface area contributed by atoms with Crippen LogP contribution in [0.25, 0.3) is 5.69 Å². The molecule has 0 unspecified atom stereocenters. The maximum Gasteiger partial charge on any atom is 0.416 e. The summed E-state index contributed by atoms with van der Waals surface area (Å²) in [6, 6.07) is 12.9. The lowest BCUT2D eigenvalue weighted by atomic mass is 10.1. The van der Waals surface area contributed by atoms with Gasteiger partial charge in [-0.15, -0.1) is 0 Å². The second-order valence-electron chi connectivity index (χ2n) is 5.03. The maximum atomic E-state index is 12.7. The Morgan fingerprint density at radius 1 is 1.04 bits per heavy atom. The fourth-order valence-electron chi connectivity index (χ4n) is 2.16. The highest BCUT2D eigenvalue weighted by atomic mass is 19.4. The summed E-state index contributed by atoms with van der Waals surface area (Å²) in [6.45, 7) is 0. The van der Waals surface area contributed by atoms with E-state index in [1.807, 2.05) is 0 Å². The monoisotopic (exact) mass is 331 g/mol. The number of benzene rings is 2. The van der Waals surface area contributed by atoms with Crippen molar-refractivity contribution in [1.29, 1.82) is 0 Å². The van der Waals surface area contributed by atoms with Crippen LogP contribution in [0, 0.1) is 0 Å². The predicted octanol–water partition coefficient (Wildman–Crippen LogP) is 4.14. The molecule has 1 amide bonds. The van der Waals surface area contributed by atoms with Gasteiger partial charge in [-0.2, -0.15) is 18.3 Å². The molecular weight excluding hydrogens is 319 g/mol. The largest absolute Gasteiger partial charge is 0.416 e. The van der Waals surface area contributed by atoms with Gasteiger partial charge in [0, 0.05) is 23.6 Å². The standard InChI is InChI=1S/C17H12F3N3O/c18-17(19,20)13-3-1-4-14(11-13)22-16(24)12-5-7-15(8-6-12)23-10-2-9-21-23/h1-11H,(H,22,24). The molecule has 0 radical (unpaired) electrons. The minimum absolute atomic E-state index is 0.0889. The number of carbonyl (C=O) groups excluding carboxylic acids is 1. The van der Waals surface area contributed by atoms with Gasteiger partial charge >= 0.3 is 6.18 Å². The Balaban J connectivity index is 1.76. The molecule has 1 aromatic heterocycles. The number of hydrogen-bond acceptors (Lipinski definition) is 2. The molecule has 0 aliphatic heterocycles. The molecule has 1 heterocycles. The quantitative estimate of drug-likeness (QED) is 0.784. The number of nitrogens with one attached hydrogen (secondary N) is 1. The fourth-order valence-corrected chi connectivity index (χ4v) is 2.16. The molecule has 122 valence electrons. The van der Waals surface area contributed by atoms with Gasteiger partial charge in [-0.1, -0.05) is 6.07 Å². The van der Waals surface area contributed by atoms with E-state index in [2.05, 4.69) is 10.4 Å². The Bertz CT molecular complexity index is 840. The molecule has 1 N–H and O–H groups in total. The first-order valence-electron chi connectivity index (χ1n) is 7.02. The Labute approximate surface area is 135 Å². The molecule has 0 fully saturated rings.